The Hall–Kier alpha value is -1.39. The molecular formula is C15H25N3O. The van der Waals surface area contributed by atoms with Crippen molar-refractivity contribution in [1.82, 2.24) is 5.32 Å². The van der Waals surface area contributed by atoms with Crippen LogP contribution in [0.5, 0.6) is 0 Å². The van der Waals surface area contributed by atoms with Crippen LogP contribution in [-0.4, -0.2) is 24.5 Å². The van der Waals surface area contributed by atoms with Gasteiger partial charge in [0.2, 0.25) is 5.91 Å². The highest BCUT2D eigenvalue weighted by Crippen LogP contribution is 2.04. The largest absolute Gasteiger partial charge is 0.352 e. The van der Waals surface area contributed by atoms with E-state index in [9.17, 15) is 4.79 Å². The number of amides is 1. The van der Waals surface area contributed by atoms with Crippen LogP contribution < -0.4 is 16.8 Å². The molecule has 1 aromatic carbocycles. The van der Waals surface area contributed by atoms with Crippen LogP contribution in [-0.2, 0) is 11.2 Å². The molecule has 19 heavy (non-hydrogen) atoms. The molecule has 0 spiro atoms. The van der Waals surface area contributed by atoms with Gasteiger partial charge in [-0.05, 0) is 38.2 Å². The number of hydrogen-bond donors (Lipinski definition) is 3. The van der Waals surface area contributed by atoms with Gasteiger partial charge in [-0.3, -0.25) is 4.79 Å². The molecule has 0 aliphatic carbocycles. The summed E-state index contributed by atoms with van der Waals surface area (Å²) in [7, 11) is 0. The quantitative estimate of drug-likeness (QED) is 0.618. The van der Waals surface area contributed by atoms with Gasteiger partial charge in [0.15, 0.2) is 0 Å². The number of carbonyl (C=O) groups excluding carboxylic acids is 1. The SMILES string of the molecule is [2H]C([2H])([2H])[C@@H](Cc1ccccc1)NC(=O)[C@@H](N)CCCCN. The third kappa shape index (κ3) is 6.36. The highest BCUT2D eigenvalue weighted by Gasteiger charge is 2.15. The first-order valence-corrected chi connectivity index (χ1v) is 6.64. The average molecular weight is 266 g/mol. The number of unbranched alkanes of at least 4 members (excludes halogenated alkanes) is 1. The zero-order valence-corrected chi connectivity index (χ0v) is 11.1. The first-order chi connectivity index (χ1) is 10.3. The van der Waals surface area contributed by atoms with Crippen LogP contribution >= 0.6 is 0 Å². The van der Waals surface area contributed by atoms with Crippen LogP contribution in [0.3, 0.4) is 0 Å². The van der Waals surface area contributed by atoms with Crippen LogP contribution in [0.1, 0.15) is 35.8 Å². The maximum Gasteiger partial charge on any atom is 0.237 e. The van der Waals surface area contributed by atoms with E-state index in [2.05, 4.69) is 5.32 Å². The van der Waals surface area contributed by atoms with Gasteiger partial charge in [0.25, 0.3) is 0 Å². The zero-order valence-electron chi connectivity index (χ0n) is 14.1. The molecule has 4 heteroatoms. The number of hydrogen-bond acceptors (Lipinski definition) is 3. The second kappa shape index (κ2) is 8.67. The van der Waals surface area contributed by atoms with Gasteiger partial charge in [-0.1, -0.05) is 36.8 Å². The Labute approximate surface area is 119 Å². The molecule has 0 aromatic heterocycles. The Kier molecular flexibility index (Phi) is 5.22. The molecule has 0 aliphatic heterocycles. The third-order valence-electron chi connectivity index (χ3n) is 2.91. The maximum absolute atomic E-state index is 12.1. The highest BCUT2D eigenvalue weighted by atomic mass is 16.2. The fourth-order valence-corrected chi connectivity index (χ4v) is 1.82. The smallest absolute Gasteiger partial charge is 0.237 e. The van der Waals surface area contributed by atoms with Crippen molar-refractivity contribution in [1.29, 1.82) is 0 Å². The minimum Gasteiger partial charge on any atom is -0.352 e. The second-order valence-corrected chi connectivity index (χ2v) is 4.64. The lowest BCUT2D eigenvalue weighted by Crippen LogP contribution is -2.45. The number of nitrogens with one attached hydrogen (secondary N) is 1. The van der Waals surface area contributed by atoms with E-state index in [4.69, 9.17) is 15.6 Å². The Morgan fingerprint density at radius 2 is 2.11 bits per heavy atom. The maximum atomic E-state index is 12.1. The third-order valence-corrected chi connectivity index (χ3v) is 2.91. The van der Waals surface area contributed by atoms with Gasteiger partial charge in [0.1, 0.15) is 0 Å². The normalized spacial score (nSPS) is 16.8. The van der Waals surface area contributed by atoms with Gasteiger partial charge in [0.05, 0.1) is 6.04 Å². The van der Waals surface area contributed by atoms with E-state index in [-0.39, 0.29) is 6.42 Å². The molecule has 1 amide bonds. The van der Waals surface area contributed by atoms with E-state index < -0.39 is 24.8 Å². The van der Waals surface area contributed by atoms with Crippen molar-refractivity contribution in [3.63, 3.8) is 0 Å². The minimum atomic E-state index is -2.28. The lowest BCUT2D eigenvalue weighted by molar-refractivity contribution is -0.123. The summed E-state index contributed by atoms with van der Waals surface area (Å²) in [4.78, 5) is 12.1. The Morgan fingerprint density at radius 3 is 2.74 bits per heavy atom. The van der Waals surface area contributed by atoms with Gasteiger partial charge in [0, 0.05) is 10.2 Å². The molecule has 5 N–H and O–H groups in total. The van der Waals surface area contributed by atoms with Crippen LogP contribution in [0.2, 0.25) is 0 Å². The summed E-state index contributed by atoms with van der Waals surface area (Å²) in [5.41, 5.74) is 12.1. The molecule has 2 atom stereocenters. The standard InChI is InChI=1S/C15H25N3O/c1-12(11-13-7-3-2-4-8-13)18-15(19)14(17)9-5-6-10-16/h2-4,7-8,12,14H,5-6,9-11,16-17H2,1H3,(H,18,19)/t12-,14-/m0/s1/i1D3. The van der Waals surface area contributed by atoms with Crippen LogP contribution in [0, 0.1) is 0 Å². The van der Waals surface area contributed by atoms with Crippen molar-refractivity contribution in [2.75, 3.05) is 6.54 Å². The van der Waals surface area contributed by atoms with Crippen LogP contribution in [0.15, 0.2) is 30.3 Å². The van der Waals surface area contributed by atoms with Crippen LogP contribution in [0.25, 0.3) is 0 Å². The van der Waals surface area contributed by atoms with Crippen LogP contribution in [0.4, 0.5) is 0 Å². The summed E-state index contributed by atoms with van der Waals surface area (Å²) >= 11 is 0. The van der Waals surface area contributed by atoms with Crippen molar-refractivity contribution in [2.45, 2.75) is 44.6 Å². The van der Waals surface area contributed by atoms with Gasteiger partial charge in [-0.25, -0.2) is 0 Å². The van der Waals surface area contributed by atoms with Gasteiger partial charge in [-0.2, -0.15) is 0 Å². The lowest BCUT2D eigenvalue weighted by Gasteiger charge is -2.17. The fraction of sp³-hybridized carbons (Fsp3) is 0.533. The molecular weight excluding hydrogens is 238 g/mol. The van der Waals surface area contributed by atoms with Crippen molar-refractivity contribution < 1.29 is 8.91 Å². The summed E-state index contributed by atoms with van der Waals surface area (Å²) in [5.74, 6) is -0.422. The Morgan fingerprint density at radius 1 is 1.37 bits per heavy atom. The van der Waals surface area contributed by atoms with Gasteiger partial charge >= 0.3 is 0 Å². The molecule has 106 valence electrons. The fourth-order valence-electron chi connectivity index (χ4n) is 1.82. The number of rotatable bonds is 8. The average Bonchev–Trinajstić information content (AvgIpc) is 2.46. The summed E-state index contributed by atoms with van der Waals surface area (Å²) < 4.78 is 22.8. The number of nitrogens with two attached hydrogens (primary N) is 2. The molecule has 0 unspecified atom stereocenters. The van der Waals surface area contributed by atoms with E-state index >= 15 is 0 Å². The predicted molar refractivity (Wildman–Crippen MR) is 78.6 cm³/mol. The Bertz CT molecular complexity index is 451. The van der Waals surface area contributed by atoms with Gasteiger partial charge in [-0.15, -0.1) is 0 Å². The van der Waals surface area contributed by atoms with E-state index in [0.717, 1.165) is 18.4 Å². The molecule has 0 saturated carbocycles. The Balaban J connectivity index is 2.63. The topological polar surface area (TPSA) is 81.1 Å². The van der Waals surface area contributed by atoms with Crippen molar-refractivity contribution in [2.24, 2.45) is 11.5 Å². The first kappa shape index (κ1) is 11.4. The van der Waals surface area contributed by atoms with E-state index in [1.807, 2.05) is 30.3 Å². The molecule has 0 saturated heterocycles. The summed E-state index contributed by atoms with van der Waals surface area (Å²) in [6.45, 7) is -1.72. The highest BCUT2D eigenvalue weighted by molar-refractivity contribution is 5.81. The molecule has 0 bridgehead atoms. The minimum absolute atomic E-state index is 0.249. The summed E-state index contributed by atoms with van der Waals surface area (Å²) in [6.07, 6.45) is 2.30. The molecule has 1 aromatic rings. The zero-order chi connectivity index (χ0) is 16.6. The lowest BCUT2D eigenvalue weighted by atomic mass is 10.1. The van der Waals surface area contributed by atoms with E-state index in [0.29, 0.717) is 13.0 Å². The molecule has 0 fully saturated rings. The van der Waals surface area contributed by atoms with Crippen molar-refractivity contribution in [3.05, 3.63) is 35.9 Å². The number of benzene rings is 1. The summed E-state index contributed by atoms with van der Waals surface area (Å²) in [5, 5.41) is 2.57. The van der Waals surface area contributed by atoms with Gasteiger partial charge < -0.3 is 16.8 Å². The number of carbonyl (C=O) groups is 1. The second-order valence-electron chi connectivity index (χ2n) is 4.64. The molecule has 0 heterocycles. The predicted octanol–water partition coefficient (Wildman–Crippen LogP) is 1.19. The molecule has 4 nitrogen and oxygen atoms in total. The first-order valence-electron chi connectivity index (χ1n) is 8.14. The van der Waals surface area contributed by atoms with Crippen molar-refractivity contribution >= 4 is 5.91 Å². The summed E-state index contributed by atoms with van der Waals surface area (Å²) in [6, 6.07) is 7.58. The molecule has 1 rings (SSSR count). The molecule has 0 aliphatic rings. The molecule has 0 radical (unpaired) electrons. The van der Waals surface area contributed by atoms with Crippen molar-refractivity contribution in [3.8, 4) is 0 Å². The van der Waals surface area contributed by atoms with E-state index in [1.165, 1.54) is 0 Å². The van der Waals surface area contributed by atoms with E-state index in [1.54, 1.807) is 0 Å². The monoisotopic (exact) mass is 266 g/mol.